The number of rotatable bonds is 3. The van der Waals surface area contributed by atoms with Gasteiger partial charge in [0.25, 0.3) is 10.0 Å². The van der Waals surface area contributed by atoms with Gasteiger partial charge in [0.15, 0.2) is 5.03 Å². The minimum Gasteiger partial charge on any atom is -0.332 e. The van der Waals surface area contributed by atoms with Crippen LogP contribution in [-0.2, 0) is 16.4 Å². The molecule has 0 aliphatic carbocycles. The Morgan fingerprint density at radius 2 is 2.22 bits per heavy atom. The quantitative estimate of drug-likeness (QED) is 0.859. The van der Waals surface area contributed by atoms with Crippen LogP contribution in [-0.4, -0.2) is 60.3 Å². The molecule has 0 amide bonds. The summed E-state index contributed by atoms with van der Waals surface area (Å²) in [6, 6.07) is 0.238. The zero-order chi connectivity index (χ0) is 13.3. The summed E-state index contributed by atoms with van der Waals surface area (Å²) in [7, 11) is -1.41. The van der Waals surface area contributed by atoms with Gasteiger partial charge in [0.2, 0.25) is 0 Å². The first-order valence-corrected chi connectivity index (χ1v) is 7.63. The van der Waals surface area contributed by atoms with Crippen molar-refractivity contribution >= 4 is 10.0 Å². The average molecular weight is 272 g/mol. The van der Waals surface area contributed by atoms with E-state index in [1.807, 2.05) is 20.9 Å². The molecule has 1 aromatic rings. The van der Waals surface area contributed by atoms with Crippen LogP contribution in [0.25, 0.3) is 0 Å². The Hall–Kier alpha value is -0.920. The lowest BCUT2D eigenvalue weighted by molar-refractivity contribution is 0.159. The number of piperazine rings is 1. The second-order valence-electron chi connectivity index (χ2n) is 4.74. The van der Waals surface area contributed by atoms with Crippen LogP contribution in [0.4, 0.5) is 0 Å². The van der Waals surface area contributed by atoms with Crippen LogP contribution in [0.2, 0.25) is 0 Å². The van der Waals surface area contributed by atoms with E-state index < -0.39 is 10.0 Å². The third-order valence-electron chi connectivity index (χ3n) is 3.48. The standard InChI is InChI=1S/C11H20N4O2S/c1-4-10-12-7-11(13-10)18(16,17)15-6-5-14(3)9(2)8-15/h7,9H,4-6,8H2,1-3H3,(H,12,13). The van der Waals surface area contributed by atoms with E-state index in [2.05, 4.69) is 14.9 Å². The molecule has 1 aromatic heterocycles. The predicted molar refractivity (Wildman–Crippen MR) is 68.8 cm³/mol. The molecule has 1 unspecified atom stereocenters. The summed E-state index contributed by atoms with van der Waals surface area (Å²) >= 11 is 0. The van der Waals surface area contributed by atoms with Crippen LogP contribution < -0.4 is 0 Å². The normalized spacial score (nSPS) is 23.4. The molecule has 1 saturated heterocycles. The van der Waals surface area contributed by atoms with E-state index in [4.69, 9.17) is 0 Å². The molecule has 0 bridgehead atoms. The molecule has 1 atom stereocenters. The molecule has 18 heavy (non-hydrogen) atoms. The maximum atomic E-state index is 12.4. The Balaban J connectivity index is 2.21. The number of hydrogen-bond donors (Lipinski definition) is 1. The van der Waals surface area contributed by atoms with Crippen LogP contribution in [0.15, 0.2) is 11.2 Å². The third-order valence-corrected chi connectivity index (χ3v) is 5.26. The van der Waals surface area contributed by atoms with Gasteiger partial charge in [-0.25, -0.2) is 13.4 Å². The lowest BCUT2D eigenvalue weighted by atomic mass is 10.2. The smallest absolute Gasteiger partial charge is 0.260 e. The first-order valence-electron chi connectivity index (χ1n) is 6.19. The van der Waals surface area contributed by atoms with Crippen molar-refractivity contribution in [2.75, 3.05) is 26.7 Å². The maximum Gasteiger partial charge on any atom is 0.260 e. The molecule has 102 valence electrons. The van der Waals surface area contributed by atoms with Gasteiger partial charge in [-0.2, -0.15) is 4.31 Å². The van der Waals surface area contributed by atoms with Crippen LogP contribution in [0, 0.1) is 0 Å². The zero-order valence-corrected chi connectivity index (χ0v) is 11.9. The van der Waals surface area contributed by atoms with E-state index in [1.165, 1.54) is 10.5 Å². The summed E-state index contributed by atoms with van der Waals surface area (Å²) in [5.74, 6) is 0.704. The van der Waals surface area contributed by atoms with Crippen molar-refractivity contribution < 1.29 is 8.42 Å². The van der Waals surface area contributed by atoms with Crippen molar-refractivity contribution in [3.05, 3.63) is 12.0 Å². The number of aromatic amines is 1. The van der Waals surface area contributed by atoms with Crippen molar-refractivity contribution in [2.24, 2.45) is 0 Å². The Morgan fingerprint density at radius 3 is 2.78 bits per heavy atom. The van der Waals surface area contributed by atoms with Crippen LogP contribution in [0.5, 0.6) is 0 Å². The van der Waals surface area contributed by atoms with E-state index in [9.17, 15) is 8.42 Å². The molecule has 0 saturated carbocycles. The Morgan fingerprint density at radius 1 is 1.50 bits per heavy atom. The summed E-state index contributed by atoms with van der Waals surface area (Å²) in [6.45, 7) is 5.79. The number of nitrogens with zero attached hydrogens (tertiary/aromatic N) is 3. The molecule has 1 fully saturated rings. The highest BCUT2D eigenvalue weighted by atomic mass is 32.2. The zero-order valence-electron chi connectivity index (χ0n) is 11.0. The molecular weight excluding hydrogens is 252 g/mol. The summed E-state index contributed by atoms with van der Waals surface area (Å²) in [4.78, 5) is 9.09. The molecule has 0 spiro atoms. The first-order chi connectivity index (χ1) is 8.45. The number of likely N-dealkylation sites (N-methyl/N-ethyl adjacent to an activating group) is 1. The van der Waals surface area contributed by atoms with Crippen molar-refractivity contribution in [1.29, 1.82) is 0 Å². The van der Waals surface area contributed by atoms with E-state index in [0.29, 0.717) is 25.3 Å². The first kappa shape index (κ1) is 13.5. The van der Waals surface area contributed by atoms with Crippen LogP contribution >= 0.6 is 0 Å². The topological polar surface area (TPSA) is 69.3 Å². The largest absolute Gasteiger partial charge is 0.332 e. The van der Waals surface area contributed by atoms with Gasteiger partial charge in [0, 0.05) is 32.1 Å². The summed E-state index contributed by atoms with van der Waals surface area (Å²) in [5.41, 5.74) is 0. The lowest BCUT2D eigenvalue weighted by Gasteiger charge is -2.36. The minimum absolute atomic E-state index is 0.205. The highest BCUT2D eigenvalue weighted by molar-refractivity contribution is 7.89. The van der Waals surface area contributed by atoms with Crippen molar-refractivity contribution in [3.63, 3.8) is 0 Å². The van der Waals surface area contributed by atoms with E-state index in [0.717, 1.165) is 6.54 Å². The third kappa shape index (κ3) is 2.43. The number of imidazole rings is 1. The fraction of sp³-hybridized carbons (Fsp3) is 0.727. The van der Waals surface area contributed by atoms with E-state index >= 15 is 0 Å². The van der Waals surface area contributed by atoms with Crippen LogP contribution in [0.3, 0.4) is 0 Å². The molecule has 1 aliphatic rings. The number of hydrogen-bond acceptors (Lipinski definition) is 4. The molecule has 2 rings (SSSR count). The minimum atomic E-state index is -3.42. The van der Waals surface area contributed by atoms with Gasteiger partial charge in [0.1, 0.15) is 5.82 Å². The van der Waals surface area contributed by atoms with Crippen molar-refractivity contribution in [2.45, 2.75) is 31.3 Å². The molecule has 6 nitrogen and oxygen atoms in total. The summed E-state index contributed by atoms with van der Waals surface area (Å²) in [5, 5.41) is 0.205. The Bertz CT molecular complexity index is 511. The van der Waals surface area contributed by atoms with Gasteiger partial charge in [-0.1, -0.05) is 6.92 Å². The molecule has 2 heterocycles. The fourth-order valence-corrected chi connectivity index (χ4v) is 3.47. The van der Waals surface area contributed by atoms with Gasteiger partial charge in [-0.3, -0.25) is 0 Å². The van der Waals surface area contributed by atoms with Gasteiger partial charge >= 0.3 is 0 Å². The number of aromatic nitrogens is 2. The second kappa shape index (κ2) is 4.99. The van der Waals surface area contributed by atoms with Gasteiger partial charge in [-0.05, 0) is 14.0 Å². The van der Waals surface area contributed by atoms with Gasteiger partial charge in [0.05, 0.1) is 6.20 Å². The molecule has 1 aliphatic heterocycles. The predicted octanol–water partition coefficient (Wildman–Crippen LogP) is 0.297. The van der Waals surface area contributed by atoms with Gasteiger partial charge < -0.3 is 9.88 Å². The maximum absolute atomic E-state index is 12.4. The lowest BCUT2D eigenvalue weighted by Crippen LogP contribution is -2.51. The fourth-order valence-electron chi connectivity index (χ4n) is 2.03. The summed E-state index contributed by atoms with van der Waals surface area (Å²) < 4.78 is 26.3. The molecular formula is C11H20N4O2S. The second-order valence-corrected chi connectivity index (χ2v) is 6.65. The molecule has 1 N–H and O–H groups in total. The number of aryl methyl sites for hydroxylation is 1. The van der Waals surface area contributed by atoms with Crippen molar-refractivity contribution in [1.82, 2.24) is 19.2 Å². The van der Waals surface area contributed by atoms with Crippen molar-refractivity contribution in [3.8, 4) is 0 Å². The van der Waals surface area contributed by atoms with E-state index in [1.54, 1.807) is 0 Å². The highest BCUT2D eigenvalue weighted by Gasteiger charge is 2.31. The van der Waals surface area contributed by atoms with Gasteiger partial charge in [-0.15, -0.1) is 0 Å². The average Bonchev–Trinajstić information content (AvgIpc) is 2.81. The summed E-state index contributed by atoms with van der Waals surface area (Å²) in [6.07, 6.45) is 2.12. The number of sulfonamides is 1. The Labute approximate surface area is 108 Å². The van der Waals surface area contributed by atoms with Crippen LogP contribution in [0.1, 0.15) is 19.7 Å². The molecule has 0 aromatic carbocycles. The monoisotopic (exact) mass is 272 g/mol. The SMILES string of the molecule is CCc1ncc(S(=O)(=O)N2CCN(C)C(C)C2)[nH]1. The molecule has 7 heteroatoms. The highest BCUT2D eigenvalue weighted by Crippen LogP contribution is 2.17. The Kier molecular flexibility index (Phi) is 3.74. The van der Waals surface area contributed by atoms with E-state index in [-0.39, 0.29) is 11.1 Å². The number of nitrogens with one attached hydrogen (secondary N) is 1. The molecule has 0 radical (unpaired) electrons. The number of H-pyrrole nitrogens is 1.